The van der Waals surface area contributed by atoms with Crippen LogP contribution in [0.2, 0.25) is 10.0 Å². The number of rotatable bonds is 5. The molecule has 0 saturated carbocycles. The fourth-order valence-corrected chi connectivity index (χ4v) is 2.65. The van der Waals surface area contributed by atoms with Crippen molar-refractivity contribution >= 4 is 40.7 Å². The molecular formula is C19H16Cl2N4O. The van der Waals surface area contributed by atoms with Gasteiger partial charge in [-0.05, 0) is 29.8 Å². The first kappa shape index (κ1) is 18.2. The lowest BCUT2D eigenvalue weighted by molar-refractivity contribution is 0.102. The number of carbonyl (C=O) groups excluding carboxylic acids is 1. The highest BCUT2D eigenvalue weighted by Gasteiger charge is 2.12. The Bertz CT molecular complexity index is 918. The van der Waals surface area contributed by atoms with Crippen molar-refractivity contribution in [2.24, 2.45) is 0 Å². The van der Waals surface area contributed by atoms with Crippen molar-refractivity contribution in [3.63, 3.8) is 0 Å². The predicted molar refractivity (Wildman–Crippen MR) is 105 cm³/mol. The van der Waals surface area contributed by atoms with E-state index in [2.05, 4.69) is 15.3 Å². The quantitative estimate of drug-likeness (QED) is 0.691. The Morgan fingerprint density at radius 3 is 2.58 bits per heavy atom. The molecule has 0 aliphatic carbocycles. The Balaban J connectivity index is 1.73. The van der Waals surface area contributed by atoms with Gasteiger partial charge in [0.1, 0.15) is 5.69 Å². The zero-order valence-electron chi connectivity index (χ0n) is 14.0. The minimum Gasteiger partial charge on any atom is -0.340 e. The van der Waals surface area contributed by atoms with E-state index in [-0.39, 0.29) is 11.6 Å². The Labute approximate surface area is 161 Å². The number of amides is 1. The minimum atomic E-state index is -0.347. The van der Waals surface area contributed by atoms with Gasteiger partial charge in [0.25, 0.3) is 5.91 Å². The summed E-state index contributed by atoms with van der Waals surface area (Å²) in [6, 6.07) is 16.4. The molecule has 3 aromatic rings. The highest BCUT2D eigenvalue weighted by Crippen LogP contribution is 2.25. The summed E-state index contributed by atoms with van der Waals surface area (Å²) in [5, 5.41) is 3.55. The Morgan fingerprint density at radius 2 is 1.85 bits per heavy atom. The number of hydrogen-bond donors (Lipinski definition) is 1. The van der Waals surface area contributed by atoms with E-state index in [1.807, 2.05) is 42.3 Å². The topological polar surface area (TPSA) is 58.1 Å². The Morgan fingerprint density at radius 1 is 1.08 bits per heavy atom. The van der Waals surface area contributed by atoms with Crippen LogP contribution in [-0.4, -0.2) is 22.9 Å². The number of halogens is 2. The summed E-state index contributed by atoms with van der Waals surface area (Å²) in [5.74, 6) is 0.121. The lowest BCUT2D eigenvalue weighted by Crippen LogP contribution is -2.21. The first-order valence-corrected chi connectivity index (χ1v) is 8.63. The molecule has 0 radical (unpaired) electrons. The molecule has 7 heteroatoms. The summed E-state index contributed by atoms with van der Waals surface area (Å²) in [6.45, 7) is 0.638. The van der Waals surface area contributed by atoms with Gasteiger partial charge in [-0.25, -0.2) is 9.97 Å². The third-order valence-corrected chi connectivity index (χ3v) is 4.40. The maximum atomic E-state index is 12.4. The summed E-state index contributed by atoms with van der Waals surface area (Å²) >= 11 is 11.9. The predicted octanol–water partition coefficient (Wildman–Crippen LogP) is 4.67. The van der Waals surface area contributed by atoms with Gasteiger partial charge in [0.05, 0.1) is 10.0 Å². The molecule has 0 unspecified atom stereocenters. The number of nitrogens with zero attached hydrogens (tertiary/aromatic N) is 3. The van der Waals surface area contributed by atoms with E-state index in [9.17, 15) is 4.79 Å². The van der Waals surface area contributed by atoms with Crippen LogP contribution in [-0.2, 0) is 6.54 Å². The zero-order chi connectivity index (χ0) is 18.5. The van der Waals surface area contributed by atoms with Gasteiger partial charge in [0, 0.05) is 25.5 Å². The number of benzene rings is 2. The van der Waals surface area contributed by atoms with Crippen molar-refractivity contribution in [2.75, 3.05) is 17.3 Å². The average Bonchev–Trinajstić information content (AvgIpc) is 2.65. The number of hydrogen-bond acceptors (Lipinski definition) is 4. The first-order chi connectivity index (χ1) is 12.5. The summed E-state index contributed by atoms with van der Waals surface area (Å²) < 4.78 is 0. The second-order valence-corrected chi connectivity index (χ2v) is 6.48. The first-order valence-electron chi connectivity index (χ1n) is 7.87. The molecule has 1 amide bonds. The van der Waals surface area contributed by atoms with Gasteiger partial charge in [0.15, 0.2) is 0 Å². The molecule has 0 atom stereocenters. The van der Waals surface area contributed by atoms with Gasteiger partial charge in [-0.2, -0.15) is 0 Å². The smallest absolute Gasteiger partial charge is 0.274 e. The molecule has 26 heavy (non-hydrogen) atoms. The average molecular weight is 387 g/mol. The van der Waals surface area contributed by atoms with Crippen LogP contribution in [0.25, 0.3) is 0 Å². The van der Waals surface area contributed by atoms with Gasteiger partial charge in [-0.1, -0.05) is 53.5 Å². The molecule has 132 valence electrons. The molecule has 1 N–H and O–H groups in total. The van der Waals surface area contributed by atoms with Crippen molar-refractivity contribution in [1.82, 2.24) is 9.97 Å². The fourth-order valence-electron chi connectivity index (χ4n) is 2.36. The second kappa shape index (κ2) is 8.17. The molecule has 3 rings (SSSR count). The molecular weight excluding hydrogens is 371 g/mol. The van der Waals surface area contributed by atoms with Crippen LogP contribution in [0.4, 0.5) is 11.6 Å². The Hall–Kier alpha value is -2.63. The molecule has 0 aliphatic heterocycles. The largest absolute Gasteiger partial charge is 0.340 e. The number of nitrogens with one attached hydrogen (secondary N) is 1. The van der Waals surface area contributed by atoms with E-state index < -0.39 is 0 Å². The van der Waals surface area contributed by atoms with E-state index in [1.54, 1.807) is 30.5 Å². The van der Waals surface area contributed by atoms with Gasteiger partial charge in [0.2, 0.25) is 5.95 Å². The van der Waals surface area contributed by atoms with Crippen molar-refractivity contribution in [3.8, 4) is 0 Å². The maximum absolute atomic E-state index is 12.4. The fraction of sp³-hybridized carbons (Fsp3) is 0.105. The molecule has 2 aromatic carbocycles. The van der Waals surface area contributed by atoms with E-state index in [0.29, 0.717) is 28.2 Å². The zero-order valence-corrected chi connectivity index (χ0v) is 15.5. The van der Waals surface area contributed by atoms with Crippen LogP contribution in [0.3, 0.4) is 0 Å². The molecule has 0 saturated heterocycles. The van der Waals surface area contributed by atoms with Crippen molar-refractivity contribution < 1.29 is 4.79 Å². The molecule has 1 aromatic heterocycles. The van der Waals surface area contributed by atoms with Crippen LogP contribution in [0.1, 0.15) is 16.1 Å². The molecule has 1 heterocycles. The maximum Gasteiger partial charge on any atom is 0.274 e. The van der Waals surface area contributed by atoms with Crippen LogP contribution in [0.5, 0.6) is 0 Å². The lowest BCUT2D eigenvalue weighted by atomic mass is 10.2. The van der Waals surface area contributed by atoms with E-state index in [1.165, 1.54) is 0 Å². The number of aromatic nitrogens is 2. The second-order valence-electron chi connectivity index (χ2n) is 5.67. The standard InChI is InChI=1S/C19H16Cl2N4O/c1-25(12-13-5-3-2-4-6-13)19-22-10-9-17(24-19)18(26)23-14-7-8-15(20)16(21)11-14/h2-11H,12H2,1H3,(H,23,26). The monoisotopic (exact) mass is 386 g/mol. The van der Waals surface area contributed by atoms with Gasteiger partial charge in [-0.3, -0.25) is 4.79 Å². The highest BCUT2D eigenvalue weighted by molar-refractivity contribution is 6.42. The van der Waals surface area contributed by atoms with Gasteiger partial charge in [-0.15, -0.1) is 0 Å². The number of anilines is 2. The highest BCUT2D eigenvalue weighted by atomic mass is 35.5. The minimum absolute atomic E-state index is 0.265. The van der Waals surface area contributed by atoms with Crippen LogP contribution >= 0.6 is 23.2 Å². The summed E-state index contributed by atoms with van der Waals surface area (Å²) in [6.07, 6.45) is 1.56. The molecule has 0 spiro atoms. The number of carbonyl (C=O) groups is 1. The third kappa shape index (κ3) is 4.50. The SMILES string of the molecule is CN(Cc1ccccc1)c1nccc(C(=O)Nc2ccc(Cl)c(Cl)c2)n1. The summed E-state index contributed by atoms with van der Waals surface area (Å²) in [7, 11) is 1.88. The van der Waals surface area contributed by atoms with Crippen LogP contribution in [0.15, 0.2) is 60.8 Å². The molecule has 0 bridgehead atoms. The van der Waals surface area contributed by atoms with Crippen molar-refractivity contribution in [3.05, 3.63) is 82.1 Å². The van der Waals surface area contributed by atoms with Gasteiger partial charge < -0.3 is 10.2 Å². The van der Waals surface area contributed by atoms with Crippen molar-refractivity contribution in [2.45, 2.75) is 6.54 Å². The lowest BCUT2D eigenvalue weighted by Gasteiger charge is -2.17. The van der Waals surface area contributed by atoms with Gasteiger partial charge >= 0.3 is 0 Å². The summed E-state index contributed by atoms with van der Waals surface area (Å²) in [4.78, 5) is 22.9. The normalized spacial score (nSPS) is 10.4. The van der Waals surface area contributed by atoms with E-state index >= 15 is 0 Å². The Kier molecular flexibility index (Phi) is 5.71. The van der Waals surface area contributed by atoms with Crippen LogP contribution < -0.4 is 10.2 Å². The van der Waals surface area contributed by atoms with E-state index in [4.69, 9.17) is 23.2 Å². The third-order valence-electron chi connectivity index (χ3n) is 3.66. The summed E-state index contributed by atoms with van der Waals surface area (Å²) in [5.41, 5.74) is 1.94. The molecule has 0 aliphatic rings. The van der Waals surface area contributed by atoms with Crippen LogP contribution in [0, 0.1) is 0 Å². The van der Waals surface area contributed by atoms with Crippen molar-refractivity contribution in [1.29, 1.82) is 0 Å². The molecule has 0 fully saturated rings. The molecule has 5 nitrogen and oxygen atoms in total. The van der Waals surface area contributed by atoms with E-state index in [0.717, 1.165) is 5.56 Å².